The van der Waals surface area contributed by atoms with Crippen LogP contribution in [-0.2, 0) is 0 Å². The zero-order valence-corrected chi connectivity index (χ0v) is 14.4. The second kappa shape index (κ2) is 7.84. The first-order valence-corrected chi connectivity index (χ1v) is 8.55. The maximum Gasteiger partial charge on any atom is 0.301 e. The van der Waals surface area contributed by atoms with E-state index in [0.29, 0.717) is 5.03 Å². The van der Waals surface area contributed by atoms with Gasteiger partial charge in [0.15, 0.2) is 15.2 Å². The Labute approximate surface area is 154 Å². The fourth-order valence-corrected chi connectivity index (χ4v) is 3.49. The third kappa shape index (κ3) is 4.10. The van der Waals surface area contributed by atoms with Crippen LogP contribution in [0.2, 0.25) is 0 Å². The average Bonchev–Trinajstić information content (AvgIpc) is 2.62. The maximum absolute atomic E-state index is 11.1. The van der Waals surface area contributed by atoms with Crippen molar-refractivity contribution in [1.82, 2.24) is 19.9 Å². The summed E-state index contributed by atoms with van der Waals surface area (Å²) in [5.74, 6) is 0. The van der Waals surface area contributed by atoms with E-state index in [1.54, 1.807) is 6.07 Å². The monoisotopic (exact) mass is 388 g/mol. The number of nitrogens with zero attached hydrogens (tertiary/aromatic N) is 6. The van der Waals surface area contributed by atoms with Crippen LogP contribution in [0.4, 0.5) is 11.4 Å². The lowest BCUT2D eigenvalue weighted by Gasteiger charge is -2.03. The zero-order chi connectivity index (χ0) is 18.5. The molecule has 0 unspecified atom stereocenters. The van der Waals surface area contributed by atoms with Gasteiger partial charge in [0.05, 0.1) is 9.85 Å². The van der Waals surface area contributed by atoms with Crippen LogP contribution in [0, 0.1) is 20.2 Å². The minimum atomic E-state index is -0.537. The summed E-state index contributed by atoms with van der Waals surface area (Å²) in [4.78, 5) is 37.3. The van der Waals surface area contributed by atoms with Gasteiger partial charge in [0.1, 0.15) is 5.03 Å². The Hall–Kier alpha value is -3.12. The Bertz CT molecular complexity index is 912. The van der Waals surface area contributed by atoms with Gasteiger partial charge in [-0.1, -0.05) is 0 Å². The summed E-state index contributed by atoms with van der Waals surface area (Å²) in [7, 11) is 0. The normalized spacial score (nSPS) is 10.5. The number of hydrogen-bond acceptors (Lipinski definition) is 10. The van der Waals surface area contributed by atoms with Crippen molar-refractivity contribution < 1.29 is 9.85 Å². The van der Waals surface area contributed by atoms with E-state index >= 15 is 0 Å². The number of pyridine rings is 2. The Morgan fingerprint density at radius 2 is 1.35 bits per heavy atom. The summed E-state index contributed by atoms with van der Waals surface area (Å²) in [6, 6.07) is 7.20. The van der Waals surface area contributed by atoms with Gasteiger partial charge < -0.3 is 0 Å². The molecule has 3 heterocycles. The SMILES string of the molecule is O=[N+]([O-])c1cccnc1Sc1ccnc(Sc2ncccc2[N+](=O)[O-])n1. The van der Waals surface area contributed by atoms with Gasteiger partial charge in [0.25, 0.3) is 0 Å². The van der Waals surface area contributed by atoms with E-state index in [0.717, 1.165) is 23.5 Å². The summed E-state index contributed by atoms with van der Waals surface area (Å²) in [5, 5.41) is 23.1. The maximum atomic E-state index is 11.1. The summed E-state index contributed by atoms with van der Waals surface area (Å²) < 4.78 is 0. The molecule has 0 saturated heterocycles. The molecule has 0 fully saturated rings. The van der Waals surface area contributed by atoms with Crippen LogP contribution in [0.3, 0.4) is 0 Å². The van der Waals surface area contributed by atoms with E-state index in [2.05, 4.69) is 19.9 Å². The lowest BCUT2D eigenvalue weighted by atomic mass is 10.4. The third-order valence-electron chi connectivity index (χ3n) is 2.89. The summed E-state index contributed by atoms with van der Waals surface area (Å²) in [6.07, 6.45) is 4.34. The van der Waals surface area contributed by atoms with Gasteiger partial charge in [0, 0.05) is 30.7 Å². The Balaban J connectivity index is 1.86. The molecule has 130 valence electrons. The van der Waals surface area contributed by atoms with Gasteiger partial charge in [-0.3, -0.25) is 20.2 Å². The highest BCUT2D eigenvalue weighted by atomic mass is 32.2. The van der Waals surface area contributed by atoms with Crippen molar-refractivity contribution in [2.45, 2.75) is 20.2 Å². The van der Waals surface area contributed by atoms with Gasteiger partial charge in [0.2, 0.25) is 0 Å². The van der Waals surface area contributed by atoms with Gasteiger partial charge in [-0.2, -0.15) is 0 Å². The lowest BCUT2D eigenvalue weighted by molar-refractivity contribution is -0.388. The Morgan fingerprint density at radius 1 is 0.769 bits per heavy atom. The highest BCUT2D eigenvalue weighted by molar-refractivity contribution is 8.00. The fraction of sp³-hybridized carbons (Fsp3) is 0. The number of rotatable bonds is 6. The fourth-order valence-electron chi connectivity index (χ4n) is 1.82. The molecule has 0 N–H and O–H groups in total. The van der Waals surface area contributed by atoms with E-state index in [1.807, 2.05) is 0 Å². The first-order valence-electron chi connectivity index (χ1n) is 6.92. The predicted octanol–water partition coefficient (Wildman–Crippen LogP) is 3.39. The van der Waals surface area contributed by atoms with Gasteiger partial charge in [-0.25, -0.2) is 19.9 Å². The Morgan fingerprint density at radius 3 is 1.92 bits per heavy atom. The first kappa shape index (κ1) is 17.7. The average molecular weight is 388 g/mol. The minimum Gasteiger partial charge on any atom is -0.258 e. The molecule has 3 aromatic heterocycles. The van der Waals surface area contributed by atoms with Gasteiger partial charge in [-0.15, -0.1) is 0 Å². The zero-order valence-electron chi connectivity index (χ0n) is 12.8. The molecule has 0 aromatic carbocycles. The highest BCUT2D eigenvalue weighted by Crippen LogP contribution is 2.34. The number of aromatic nitrogens is 4. The molecule has 26 heavy (non-hydrogen) atoms. The second-order valence-electron chi connectivity index (χ2n) is 4.55. The summed E-state index contributed by atoms with van der Waals surface area (Å²) in [6.45, 7) is 0. The summed E-state index contributed by atoms with van der Waals surface area (Å²) in [5.41, 5.74) is -0.287. The number of nitro groups is 2. The molecule has 0 aliphatic carbocycles. The molecule has 0 amide bonds. The van der Waals surface area contributed by atoms with E-state index in [9.17, 15) is 20.2 Å². The van der Waals surface area contributed by atoms with Crippen molar-refractivity contribution in [3.8, 4) is 0 Å². The molecule has 3 aromatic rings. The highest BCUT2D eigenvalue weighted by Gasteiger charge is 2.19. The van der Waals surface area contributed by atoms with Crippen LogP contribution in [0.1, 0.15) is 0 Å². The van der Waals surface area contributed by atoms with Crippen LogP contribution in [0.5, 0.6) is 0 Å². The van der Waals surface area contributed by atoms with Crippen molar-refractivity contribution in [3.05, 3.63) is 69.2 Å². The number of hydrogen-bond donors (Lipinski definition) is 0. The minimum absolute atomic E-state index is 0.134. The topological polar surface area (TPSA) is 138 Å². The predicted molar refractivity (Wildman–Crippen MR) is 92.1 cm³/mol. The van der Waals surface area contributed by atoms with Crippen LogP contribution < -0.4 is 0 Å². The summed E-state index contributed by atoms with van der Waals surface area (Å²) >= 11 is 1.94. The first-order chi connectivity index (χ1) is 12.5. The molecule has 0 atom stereocenters. The van der Waals surface area contributed by atoms with E-state index in [-0.39, 0.29) is 26.6 Å². The van der Waals surface area contributed by atoms with E-state index < -0.39 is 9.85 Å². The van der Waals surface area contributed by atoms with Crippen LogP contribution in [0.15, 0.2) is 69.2 Å². The lowest BCUT2D eigenvalue weighted by Crippen LogP contribution is -1.95. The molecule has 0 saturated carbocycles. The largest absolute Gasteiger partial charge is 0.301 e. The Kier molecular flexibility index (Phi) is 5.34. The standard InChI is InChI=1S/C14H8N6O4S2/c21-19(22)9-3-1-6-15-12(9)25-11-5-8-17-14(18-11)26-13-10(20(23)24)4-2-7-16-13/h1-8H. The quantitative estimate of drug-likeness (QED) is 0.267. The molecule has 0 aliphatic rings. The molecule has 0 aliphatic heterocycles. The molecular formula is C14H8N6O4S2. The molecular weight excluding hydrogens is 380 g/mol. The van der Waals surface area contributed by atoms with Crippen LogP contribution >= 0.6 is 23.5 Å². The van der Waals surface area contributed by atoms with E-state index in [4.69, 9.17) is 0 Å². The molecule has 0 spiro atoms. The second-order valence-corrected chi connectivity index (χ2v) is 6.52. The molecule has 3 rings (SSSR count). The molecule has 10 nitrogen and oxygen atoms in total. The third-order valence-corrected chi connectivity index (χ3v) is 4.72. The van der Waals surface area contributed by atoms with Crippen molar-refractivity contribution in [1.29, 1.82) is 0 Å². The molecule has 0 bridgehead atoms. The van der Waals surface area contributed by atoms with Crippen molar-refractivity contribution in [2.24, 2.45) is 0 Å². The smallest absolute Gasteiger partial charge is 0.258 e. The van der Waals surface area contributed by atoms with Crippen LogP contribution in [-0.4, -0.2) is 29.8 Å². The van der Waals surface area contributed by atoms with Crippen molar-refractivity contribution in [2.75, 3.05) is 0 Å². The van der Waals surface area contributed by atoms with E-state index in [1.165, 1.54) is 42.9 Å². The van der Waals surface area contributed by atoms with Crippen molar-refractivity contribution >= 4 is 34.9 Å². The van der Waals surface area contributed by atoms with Gasteiger partial charge in [-0.05, 0) is 41.7 Å². The van der Waals surface area contributed by atoms with Crippen molar-refractivity contribution in [3.63, 3.8) is 0 Å². The molecule has 0 radical (unpaired) electrons. The molecule has 12 heteroatoms. The van der Waals surface area contributed by atoms with Gasteiger partial charge >= 0.3 is 11.4 Å². The van der Waals surface area contributed by atoms with Crippen LogP contribution in [0.25, 0.3) is 0 Å².